The second kappa shape index (κ2) is 18.7. The van der Waals surface area contributed by atoms with Gasteiger partial charge in [0, 0.05) is 47.5 Å². The van der Waals surface area contributed by atoms with Crippen molar-refractivity contribution in [2.75, 3.05) is 0 Å². The van der Waals surface area contributed by atoms with Crippen LogP contribution >= 0.6 is 11.3 Å². The Morgan fingerprint density at radius 3 is 1.97 bits per heavy atom. The Labute approximate surface area is 400 Å². The number of benzene rings is 8. The van der Waals surface area contributed by atoms with Gasteiger partial charge in [-0.05, 0) is 62.0 Å². The molecular formula is C59H49IrN3SSi-2. The predicted molar refractivity (Wildman–Crippen MR) is 277 cm³/mol. The van der Waals surface area contributed by atoms with Crippen LogP contribution < -0.4 is 5.19 Å². The molecule has 3 aromatic heterocycles. The minimum Gasteiger partial charge on any atom is -0.332 e. The molecule has 11 rings (SSSR count). The Morgan fingerprint density at radius 1 is 0.631 bits per heavy atom. The maximum absolute atomic E-state index is 5.52. The van der Waals surface area contributed by atoms with E-state index in [4.69, 9.17) is 4.98 Å². The molecule has 65 heavy (non-hydrogen) atoms. The van der Waals surface area contributed by atoms with E-state index < -0.39 is 8.07 Å². The van der Waals surface area contributed by atoms with Crippen LogP contribution in [0.25, 0.3) is 92.6 Å². The van der Waals surface area contributed by atoms with E-state index in [1.165, 1.54) is 36.3 Å². The zero-order valence-electron chi connectivity index (χ0n) is 37.3. The molecule has 3 heterocycles. The average molecular weight is 1050 g/mol. The summed E-state index contributed by atoms with van der Waals surface area (Å²) in [6.45, 7) is 11.7. The van der Waals surface area contributed by atoms with E-state index >= 15 is 0 Å². The van der Waals surface area contributed by atoms with Gasteiger partial charge in [0.25, 0.3) is 0 Å². The number of para-hydroxylation sites is 1. The molecular weight excluding hydrogens is 1000 g/mol. The number of hydrogen-bond donors (Lipinski definition) is 0. The Hall–Kier alpha value is -6.27. The van der Waals surface area contributed by atoms with Crippen LogP contribution in [0, 0.1) is 18.1 Å². The monoisotopic (exact) mass is 1050 g/mol. The predicted octanol–water partition coefficient (Wildman–Crippen LogP) is 15.6. The van der Waals surface area contributed by atoms with Crippen molar-refractivity contribution in [1.82, 2.24) is 14.5 Å². The zero-order valence-corrected chi connectivity index (χ0v) is 41.5. The van der Waals surface area contributed by atoms with E-state index in [9.17, 15) is 0 Å². The van der Waals surface area contributed by atoms with Gasteiger partial charge in [-0.2, -0.15) is 11.3 Å². The number of pyridine rings is 1. The van der Waals surface area contributed by atoms with E-state index in [2.05, 4.69) is 225 Å². The molecule has 0 fully saturated rings. The minimum atomic E-state index is -1.34. The Bertz CT molecular complexity index is 3370. The summed E-state index contributed by atoms with van der Waals surface area (Å²) in [6.07, 6.45) is 3.24. The average Bonchev–Trinajstić information content (AvgIpc) is 3.91. The number of fused-ring (bicyclic) bond motifs is 6. The molecule has 321 valence electrons. The van der Waals surface area contributed by atoms with Crippen molar-refractivity contribution in [2.45, 2.75) is 39.9 Å². The van der Waals surface area contributed by atoms with E-state index in [0.29, 0.717) is 5.92 Å². The zero-order chi connectivity index (χ0) is 43.8. The quantitative estimate of drug-likeness (QED) is 0.112. The summed E-state index contributed by atoms with van der Waals surface area (Å²) in [7, 11) is -1.34. The fourth-order valence-electron chi connectivity index (χ4n) is 9.03. The third kappa shape index (κ3) is 8.68. The van der Waals surface area contributed by atoms with Crippen molar-refractivity contribution < 1.29 is 20.1 Å². The van der Waals surface area contributed by atoms with Gasteiger partial charge in [0.1, 0.15) is 0 Å². The Morgan fingerprint density at radius 2 is 1.29 bits per heavy atom. The summed E-state index contributed by atoms with van der Waals surface area (Å²) in [5.41, 5.74) is 12.4. The molecule has 0 unspecified atom stereocenters. The first-order valence-electron chi connectivity index (χ1n) is 22.2. The number of hydrogen-bond acceptors (Lipinski definition) is 3. The molecule has 0 aliphatic carbocycles. The SMILES string of the molecule is CC(C)Cc1cc(-c2[c-]cccc2)ncc1[Si](C)(C)C.[Ir].[c-]1ccc2c(sc3ccccc32)c1-c1nc2c3ccccc3ccc2n1-c1c(-c2ccccc2)cccc1-c1ccccc1. The smallest absolute Gasteiger partial charge is 0.0852 e. The second-order valence-electron chi connectivity index (χ2n) is 17.9. The van der Waals surface area contributed by atoms with Crippen LogP contribution in [0.5, 0.6) is 0 Å². The summed E-state index contributed by atoms with van der Waals surface area (Å²) in [4.78, 5) is 10.2. The Balaban J connectivity index is 0.000000215. The van der Waals surface area contributed by atoms with Gasteiger partial charge in [-0.1, -0.05) is 183 Å². The van der Waals surface area contributed by atoms with Crippen molar-refractivity contribution in [1.29, 1.82) is 0 Å². The molecule has 3 nitrogen and oxygen atoms in total. The summed E-state index contributed by atoms with van der Waals surface area (Å²) >= 11 is 1.82. The maximum Gasteiger partial charge on any atom is 0.0852 e. The molecule has 0 saturated heterocycles. The van der Waals surface area contributed by atoms with Crippen molar-refractivity contribution in [3.8, 4) is 50.6 Å². The van der Waals surface area contributed by atoms with Crippen LogP contribution in [-0.2, 0) is 26.5 Å². The fraction of sp³-hybridized carbons (Fsp3) is 0.119. The van der Waals surface area contributed by atoms with Gasteiger partial charge in [0.2, 0.25) is 0 Å². The number of thiophene rings is 1. The number of rotatable bonds is 8. The molecule has 11 aromatic rings. The first kappa shape index (κ1) is 44.0. The van der Waals surface area contributed by atoms with E-state index in [1.54, 1.807) is 0 Å². The van der Waals surface area contributed by atoms with Crippen molar-refractivity contribution in [3.05, 3.63) is 206 Å². The topological polar surface area (TPSA) is 30.7 Å². The van der Waals surface area contributed by atoms with Crippen molar-refractivity contribution >= 4 is 66.6 Å². The molecule has 0 spiro atoms. The molecule has 0 aliphatic rings. The molecule has 0 atom stereocenters. The molecule has 0 saturated carbocycles. The maximum atomic E-state index is 5.52. The van der Waals surface area contributed by atoms with Gasteiger partial charge in [-0.15, -0.1) is 54.1 Å². The van der Waals surface area contributed by atoms with Gasteiger partial charge in [-0.3, -0.25) is 4.98 Å². The first-order chi connectivity index (χ1) is 31.2. The standard InChI is InChI=1S/C41H25N2S.C18H24NSi.Ir/c1-3-13-27(14-4-1)31-20-11-21-32(28-15-5-2-6-16-28)39(31)43-36-26-25-29-17-7-8-18-30(29)38(36)42-41(43)35-23-12-22-34-33-19-9-10-24-37(33)44-40(34)35;1-14(2)11-16-12-17(15-9-7-6-8-10-15)19-13-18(16)20(3,4)5;/h1-22,24-26H;6-9,12-14H,11H2,1-5H3;/q2*-1;. The normalized spacial score (nSPS) is 11.5. The van der Waals surface area contributed by atoms with Gasteiger partial charge in [-0.25, -0.2) is 0 Å². The summed E-state index contributed by atoms with van der Waals surface area (Å²) in [5, 5.41) is 6.32. The largest absolute Gasteiger partial charge is 0.332 e. The number of nitrogens with zero attached hydrogens (tertiary/aromatic N) is 3. The minimum absolute atomic E-state index is 0. The summed E-state index contributed by atoms with van der Waals surface area (Å²) < 4.78 is 4.86. The first-order valence-corrected chi connectivity index (χ1v) is 26.5. The molecule has 6 heteroatoms. The van der Waals surface area contributed by atoms with Crippen LogP contribution in [0.2, 0.25) is 19.6 Å². The third-order valence-corrected chi connectivity index (χ3v) is 15.2. The van der Waals surface area contributed by atoms with Gasteiger partial charge in [0.15, 0.2) is 0 Å². The van der Waals surface area contributed by atoms with Gasteiger partial charge >= 0.3 is 0 Å². The molecule has 0 N–H and O–H groups in total. The summed E-state index contributed by atoms with van der Waals surface area (Å²) in [5.74, 6) is 1.56. The van der Waals surface area contributed by atoms with Crippen LogP contribution in [-0.4, -0.2) is 22.6 Å². The van der Waals surface area contributed by atoms with Crippen LogP contribution in [0.3, 0.4) is 0 Å². The fourth-order valence-corrected chi connectivity index (χ4v) is 11.8. The molecule has 0 aliphatic heterocycles. The Kier molecular flexibility index (Phi) is 12.6. The van der Waals surface area contributed by atoms with Crippen LogP contribution in [0.1, 0.15) is 19.4 Å². The molecule has 0 bridgehead atoms. The third-order valence-electron chi connectivity index (χ3n) is 12.0. The summed E-state index contributed by atoms with van der Waals surface area (Å²) in [6, 6.07) is 71.2. The van der Waals surface area contributed by atoms with Crippen molar-refractivity contribution in [2.24, 2.45) is 5.92 Å². The van der Waals surface area contributed by atoms with E-state index in [1.807, 2.05) is 29.5 Å². The van der Waals surface area contributed by atoms with Crippen LogP contribution in [0.15, 0.2) is 188 Å². The number of aromatic nitrogens is 3. The number of imidazole rings is 1. The van der Waals surface area contributed by atoms with Gasteiger partial charge < -0.3 is 9.55 Å². The van der Waals surface area contributed by atoms with Gasteiger partial charge in [0.05, 0.1) is 30.6 Å². The van der Waals surface area contributed by atoms with E-state index in [0.717, 1.165) is 73.4 Å². The van der Waals surface area contributed by atoms with Crippen LogP contribution in [0.4, 0.5) is 0 Å². The van der Waals surface area contributed by atoms with E-state index in [-0.39, 0.29) is 20.1 Å². The molecule has 8 aromatic carbocycles. The second-order valence-corrected chi connectivity index (χ2v) is 24.0. The molecule has 1 radical (unpaired) electrons. The molecule has 0 amide bonds. The van der Waals surface area contributed by atoms with Crippen molar-refractivity contribution in [3.63, 3.8) is 0 Å².